The Morgan fingerprint density at radius 3 is 2.77 bits per heavy atom. The normalized spacial score (nSPS) is 28.2. The van der Waals surface area contributed by atoms with Gasteiger partial charge in [-0.05, 0) is 32.1 Å². The van der Waals surface area contributed by atoms with Crippen LogP contribution in [0.5, 0.6) is 0 Å². The SMILES string of the molecule is CC(CCCO)NC(=O)C1CC1C. The predicted octanol–water partition coefficient (Wildman–Crippen LogP) is 0.920. The Morgan fingerprint density at radius 2 is 2.31 bits per heavy atom. The van der Waals surface area contributed by atoms with Crippen LogP contribution in [-0.2, 0) is 4.79 Å². The van der Waals surface area contributed by atoms with Crippen LogP contribution in [-0.4, -0.2) is 23.7 Å². The molecule has 76 valence electrons. The molecule has 0 saturated heterocycles. The smallest absolute Gasteiger partial charge is 0.223 e. The van der Waals surface area contributed by atoms with Crippen LogP contribution in [0.15, 0.2) is 0 Å². The highest BCUT2D eigenvalue weighted by Gasteiger charge is 2.39. The van der Waals surface area contributed by atoms with Crippen molar-refractivity contribution in [2.24, 2.45) is 11.8 Å². The standard InChI is InChI=1S/C10H19NO2/c1-7-6-9(7)10(13)11-8(2)4-3-5-12/h7-9,12H,3-6H2,1-2H3,(H,11,13). The van der Waals surface area contributed by atoms with Crippen molar-refractivity contribution in [1.29, 1.82) is 0 Å². The van der Waals surface area contributed by atoms with Crippen molar-refractivity contribution in [1.82, 2.24) is 5.32 Å². The molecule has 3 unspecified atom stereocenters. The lowest BCUT2D eigenvalue weighted by atomic mass is 10.2. The second-order valence-electron chi connectivity index (χ2n) is 4.09. The summed E-state index contributed by atoms with van der Waals surface area (Å²) in [6.07, 6.45) is 2.67. The van der Waals surface area contributed by atoms with Crippen molar-refractivity contribution in [2.75, 3.05) is 6.61 Å². The fraction of sp³-hybridized carbons (Fsp3) is 0.900. The summed E-state index contributed by atoms with van der Waals surface area (Å²) in [4.78, 5) is 11.4. The molecule has 1 saturated carbocycles. The van der Waals surface area contributed by atoms with Gasteiger partial charge in [0.25, 0.3) is 0 Å². The number of hydrogen-bond donors (Lipinski definition) is 2. The van der Waals surface area contributed by atoms with E-state index >= 15 is 0 Å². The maximum Gasteiger partial charge on any atom is 0.223 e. The molecule has 0 bridgehead atoms. The van der Waals surface area contributed by atoms with Crippen LogP contribution >= 0.6 is 0 Å². The molecule has 2 N–H and O–H groups in total. The molecule has 0 aromatic carbocycles. The first-order valence-electron chi connectivity index (χ1n) is 5.06. The van der Waals surface area contributed by atoms with Gasteiger partial charge in [-0.1, -0.05) is 6.92 Å². The number of carbonyl (C=O) groups is 1. The van der Waals surface area contributed by atoms with Gasteiger partial charge >= 0.3 is 0 Å². The number of aliphatic hydroxyl groups excluding tert-OH is 1. The largest absolute Gasteiger partial charge is 0.396 e. The molecule has 1 fully saturated rings. The Kier molecular flexibility index (Phi) is 3.72. The Bertz CT molecular complexity index is 182. The highest BCUT2D eigenvalue weighted by Crippen LogP contribution is 2.37. The van der Waals surface area contributed by atoms with Crippen molar-refractivity contribution in [3.63, 3.8) is 0 Å². The monoisotopic (exact) mass is 185 g/mol. The highest BCUT2D eigenvalue weighted by atomic mass is 16.2. The maximum atomic E-state index is 11.4. The van der Waals surface area contributed by atoms with E-state index in [1.54, 1.807) is 0 Å². The molecule has 0 aliphatic heterocycles. The van der Waals surface area contributed by atoms with Crippen LogP contribution in [0.3, 0.4) is 0 Å². The maximum absolute atomic E-state index is 11.4. The molecule has 3 atom stereocenters. The Hall–Kier alpha value is -0.570. The first-order chi connectivity index (χ1) is 6.15. The summed E-state index contributed by atoms with van der Waals surface area (Å²) in [5.41, 5.74) is 0. The molecule has 1 aliphatic carbocycles. The molecule has 0 aromatic rings. The van der Waals surface area contributed by atoms with Crippen molar-refractivity contribution in [3.05, 3.63) is 0 Å². The van der Waals surface area contributed by atoms with E-state index in [1.807, 2.05) is 6.92 Å². The molecule has 0 heterocycles. The van der Waals surface area contributed by atoms with Gasteiger partial charge in [0.05, 0.1) is 0 Å². The van der Waals surface area contributed by atoms with E-state index in [2.05, 4.69) is 12.2 Å². The van der Waals surface area contributed by atoms with Crippen LogP contribution in [0.4, 0.5) is 0 Å². The lowest BCUT2D eigenvalue weighted by molar-refractivity contribution is -0.123. The van der Waals surface area contributed by atoms with E-state index in [-0.39, 0.29) is 24.5 Å². The Morgan fingerprint density at radius 1 is 1.69 bits per heavy atom. The van der Waals surface area contributed by atoms with Gasteiger partial charge in [0.2, 0.25) is 5.91 Å². The van der Waals surface area contributed by atoms with E-state index in [0.717, 1.165) is 19.3 Å². The summed E-state index contributed by atoms with van der Waals surface area (Å²) in [6, 6.07) is 0.201. The van der Waals surface area contributed by atoms with Gasteiger partial charge in [-0.25, -0.2) is 0 Å². The first kappa shape index (κ1) is 10.5. The summed E-state index contributed by atoms with van der Waals surface area (Å²) in [7, 11) is 0. The lowest BCUT2D eigenvalue weighted by Crippen LogP contribution is -2.34. The van der Waals surface area contributed by atoms with Gasteiger partial charge in [0.15, 0.2) is 0 Å². The first-order valence-corrected chi connectivity index (χ1v) is 5.06. The van der Waals surface area contributed by atoms with Gasteiger partial charge in [-0.2, -0.15) is 0 Å². The molecular weight excluding hydrogens is 166 g/mol. The summed E-state index contributed by atoms with van der Waals surface area (Å²) < 4.78 is 0. The third kappa shape index (κ3) is 3.35. The van der Waals surface area contributed by atoms with E-state index < -0.39 is 0 Å². The zero-order valence-electron chi connectivity index (χ0n) is 8.42. The average molecular weight is 185 g/mol. The fourth-order valence-corrected chi connectivity index (χ4v) is 1.51. The minimum atomic E-state index is 0.193. The fourth-order valence-electron chi connectivity index (χ4n) is 1.51. The topological polar surface area (TPSA) is 49.3 Å². The minimum absolute atomic E-state index is 0.193. The van der Waals surface area contributed by atoms with Crippen molar-refractivity contribution in [3.8, 4) is 0 Å². The summed E-state index contributed by atoms with van der Waals surface area (Å²) in [5, 5.41) is 11.6. The Balaban J connectivity index is 2.12. The van der Waals surface area contributed by atoms with Gasteiger partial charge in [0.1, 0.15) is 0 Å². The molecule has 0 spiro atoms. The van der Waals surface area contributed by atoms with Crippen LogP contribution < -0.4 is 5.32 Å². The third-order valence-electron chi connectivity index (χ3n) is 2.63. The van der Waals surface area contributed by atoms with Crippen molar-refractivity contribution in [2.45, 2.75) is 39.2 Å². The zero-order chi connectivity index (χ0) is 9.84. The van der Waals surface area contributed by atoms with Crippen LogP contribution in [0.1, 0.15) is 33.1 Å². The van der Waals surface area contributed by atoms with Gasteiger partial charge < -0.3 is 10.4 Å². The van der Waals surface area contributed by atoms with Gasteiger partial charge in [-0.15, -0.1) is 0 Å². The number of hydrogen-bond acceptors (Lipinski definition) is 2. The van der Waals surface area contributed by atoms with Crippen LogP contribution in [0, 0.1) is 11.8 Å². The van der Waals surface area contributed by atoms with E-state index in [4.69, 9.17) is 5.11 Å². The third-order valence-corrected chi connectivity index (χ3v) is 2.63. The summed E-state index contributed by atoms with van der Waals surface area (Å²) in [6.45, 7) is 4.29. The van der Waals surface area contributed by atoms with Crippen LogP contribution in [0.2, 0.25) is 0 Å². The number of aliphatic hydroxyl groups is 1. The molecule has 3 nitrogen and oxygen atoms in total. The van der Waals surface area contributed by atoms with Gasteiger partial charge in [-0.3, -0.25) is 4.79 Å². The minimum Gasteiger partial charge on any atom is -0.396 e. The number of nitrogens with one attached hydrogen (secondary N) is 1. The van der Waals surface area contributed by atoms with E-state index in [9.17, 15) is 4.79 Å². The van der Waals surface area contributed by atoms with E-state index in [1.165, 1.54) is 0 Å². The zero-order valence-corrected chi connectivity index (χ0v) is 8.42. The second-order valence-corrected chi connectivity index (χ2v) is 4.09. The molecule has 1 aliphatic rings. The average Bonchev–Trinajstić information content (AvgIpc) is 2.79. The molecule has 1 rings (SSSR count). The molecule has 0 radical (unpaired) electrons. The molecule has 1 amide bonds. The summed E-state index contributed by atoms with van der Waals surface area (Å²) >= 11 is 0. The highest BCUT2D eigenvalue weighted by molar-refractivity contribution is 5.81. The Labute approximate surface area is 79.5 Å². The number of carbonyl (C=O) groups excluding carboxylic acids is 1. The number of amides is 1. The number of rotatable bonds is 5. The second kappa shape index (κ2) is 4.61. The van der Waals surface area contributed by atoms with E-state index in [0.29, 0.717) is 5.92 Å². The summed E-state index contributed by atoms with van der Waals surface area (Å²) in [5.74, 6) is 1.03. The quantitative estimate of drug-likeness (QED) is 0.669. The molecule has 3 heteroatoms. The van der Waals surface area contributed by atoms with Crippen molar-refractivity contribution < 1.29 is 9.90 Å². The van der Waals surface area contributed by atoms with Gasteiger partial charge in [0, 0.05) is 18.6 Å². The molecule has 13 heavy (non-hydrogen) atoms. The van der Waals surface area contributed by atoms with Crippen molar-refractivity contribution >= 4 is 5.91 Å². The molecular formula is C10H19NO2. The lowest BCUT2D eigenvalue weighted by Gasteiger charge is -2.12. The molecule has 0 aromatic heterocycles. The predicted molar refractivity (Wildman–Crippen MR) is 51.2 cm³/mol. The van der Waals surface area contributed by atoms with Crippen LogP contribution in [0.25, 0.3) is 0 Å².